The maximum Gasteiger partial charge on any atom is 0.248 e. The van der Waals surface area contributed by atoms with Crippen molar-refractivity contribution < 1.29 is 9.59 Å². The van der Waals surface area contributed by atoms with E-state index in [0.29, 0.717) is 24.9 Å². The van der Waals surface area contributed by atoms with Crippen molar-refractivity contribution in [2.24, 2.45) is 5.73 Å². The summed E-state index contributed by atoms with van der Waals surface area (Å²) in [4.78, 5) is 24.2. The average molecular weight is 364 g/mol. The van der Waals surface area contributed by atoms with E-state index in [1.54, 1.807) is 29.1 Å². The largest absolute Gasteiger partial charge is 0.366 e. The van der Waals surface area contributed by atoms with Crippen LogP contribution in [0.15, 0.2) is 42.7 Å². The highest BCUT2D eigenvalue weighted by atomic mass is 35.5. The molecule has 0 saturated carbocycles. The van der Waals surface area contributed by atoms with Gasteiger partial charge in [-0.05, 0) is 49.7 Å². The molecule has 0 bridgehead atoms. The lowest BCUT2D eigenvalue weighted by Gasteiger charge is -2.36. The fourth-order valence-electron chi connectivity index (χ4n) is 3.10. The molecule has 7 nitrogen and oxygen atoms in total. The lowest BCUT2D eigenvalue weighted by Crippen LogP contribution is -2.54. The normalized spacial score (nSPS) is 15.8. The van der Waals surface area contributed by atoms with Crippen LogP contribution in [0, 0.1) is 0 Å². The standard InChI is InChI=1S/C17H21N5O2.ClH/c18-15(23)14-4-1-3-13(11-14)12-20-16(24)17(5-8-19-9-6-17)22-10-2-7-21-22;/h1-4,7,10-11,19H,5-6,8-9,12H2,(H2,18,23)(H,20,24);1H. The third-order valence-corrected chi connectivity index (χ3v) is 4.46. The van der Waals surface area contributed by atoms with Crippen molar-refractivity contribution in [2.45, 2.75) is 24.9 Å². The van der Waals surface area contributed by atoms with E-state index in [1.807, 2.05) is 18.3 Å². The number of carbonyl (C=O) groups excluding carboxylic acids is 2. The van der Waals surface area contributed by atoms with E-state index >= 15 is 0 Å². The first-order valence-corrected chi connectivity index (χ1v) is 8.00. The smallest absolute Gasteiger partial charge is 0.248 e. The maximum absolute atomic E-state index is 12.9. The summed E-state index contributed by atoms with van der Waals surface area (Å²) in [5.41, 5.74) is 5.90. The van der Waals surface area contributed by atoms with Crippen LogP contribution in [0.2, 0.25) is 0 Å². The number of primary amides is 1. The molecule has 0 radical (unpaired) electrons. The number of piperidine rings is 1. The van der Waals surface area contributed by atoms with Gasteiger partial charge in [0, 0.05) is 24.5 Å². The fraction of sp³-hybridized carbons (Fsp3) is 0.353. The van der Waals surface area contributed by atoms with Gasteiger partial charge in [-0.15, -0.1) is 12.4 Å². The molecule has 2 aromatic rings. The Balaban J connectivity index is 0.00000225. The molecule has 25 heavy (non-hydrogen) atoms. The van der Waals surface area contributed by atoms with Crippen LogP contribution in [0.5, 0.6) is 0 Å². The molecule has 4 N–H and O–H groups in total. The molecule has 1 aliphatic heterocycles. The lowest BCUT2D eigenvalue weighted by atomic mass is 9.87. The van der Waals surface area contributed by atoms with E-state index in [-0.39, 0.29) is 18.3 Å². The molecule has 0 atom stereocenters. The predicted octanol–water partition coefficient (Wildman–Crippen LogP) is 0.799. The van der Waals surface area contributed by atoms with Crippen LogP contribution in [0.4, 0.5) is 0 Å². The fourth-order valence-corrected chi connectivity index (χ4v) is 3.10. The Morgan fingerprint density at radius 2 is 2.04 bits per heavy atom. The number of carbonyl (C=O) groups is 2. The van der Waals surface area contributed by atoms with Crippen LogP contribution in [-0.4, -0.2) is 34.7 Å². The summed E-state index contributed by atoms with van der Waals surface area (Å²) in [7, 11) is 0. The minimum Gasteiger partial charge on any atom is -0.366 e. The molecule has 3 rings (SSSR count). The second kappa shape index (κ2) is 8.13. The summed E-state index contributed by atoms with van der Waals surface area (Å²) in [6.45, 7) is 1.88. The van der Waals surface area contributed by atoms with Gasteiger partial charge in [-0.1, -0.05) is 12.1 Å². The van der Waals surface area contributed by atoms with E-state index < -0.39 is 11.4 Å². The van der Waals surface area contributed by atoms with E-state index in [1.165, 1.54) is 0 Å². The second-order valence-corrected chi connectivity index (χ2v) is 5.98. The molecule has 1 saturated heterocycles. The minimum absolute atomic E-state index is 0. The first-order valence-electron chi connectivity index (χ1n) is 8.00. The first kappa shape index (κ1) is 19.0. The lowest BCUT2D eigenvalue weighted by molar-refractivity contribution is -0.132. The van der Waals surface area contributed by atoms with Crippen molar-refractivity contribution >= 4 is 24.2 Å². The molecule has 1 aromatic heterocycles. The van der Waals surface area contributed by atoms with Gasteiger partial charge in [0.25, 0.3) is 0 Å². The number of rotatable bonds is 5. The van der Waals surface area contributed by atoms with Crippen LogP contribution in [0.3, 0.4) is 0 Å². The second-order valence-electron chi connectivity index (χ2n) is 5.98. The monoisotopic (exact) mass is 363 g/mol. The summed E-state index contributed by atoms with van der Waals surface area (Å²) in [6.07, 6.45) is 4.88. The van der Waals surface area contributed by atoms with Gasteiger partial charge in [0.1, 0.15) is 5.54 Å². The van der Waals surface area contributed by atoms with Crippen LogP contribution < -0.4 is 16.4 Å². The summed E-state index contributed by atoms with van der Waals surface area (Å²) in [6, 6.07) is 8.80. The Morgan fingerprint density at radius 3 is 2.68 bits per heavy atom. The maximum atomic E-state index is 12.9. The Hall–Kier alpha value is -2.38. The summed E-state index contributed by atoms with van der Waals surface area (Å²) < 4.78 is 1.75. The Kier molecular flexibility index (Phi) is 6.17. The van der Waals surface area contributed by atoms with E-state index in [9.17, 15) is 9.59 Å². The number of nitrogens with one attached hydrogen (secondary N) is 2. The number of halogens is 1. The third kappa shape index (κ3) is 4.00. The highest BCUT2D eigenvalue weighted by molar-refractivity contribution is 5.93. The topological polar surface area (TPSA) is 102 Å². The molecule has 8 heteroatoms. The minimum atomic E-state index is -0.671. The number of amides is 2. The zero-order chi connectivity index (χ0) is 17.0. The van der Waals surface area contributed by atoms with Crippen molar-refractivity contribution in [3.63, 3.8) is 0 Å². The molecular formula is C17H22ClN5O2. The third-order valence-electron chi connectivity index (χ3n) is 4.46. The highest BCUT2D eigenvalue weighted by Crippen LogP contribution is 2.27. The van der Waals surface area contributed by atoms with Gasteiger partial charge in [-0.3, -0.25) is 14.3 Å². The zero-order valence-corrected chi connectivity index (χ0v) is 14.6. The molecule has 0 aliphatic carbocycles. The molecule has 0 unspecified atom stereocenters. The van der Waals surface area contributed by atoms with Crippen molar-refractivity contribution in [3.05, 3.63) is 53.9 Å². The number of hydrogen-bond acceptors (Lipinski definition) is 4. The SMILES string of the molecule is Cl.NC(=O)c1cccc(CNC(=O)C2(n3cccn3)CCNCC2)c1. The van der Waals surface area contributed by atoms with Crippen LogP contribution in [-0.2, 0) is 16.9 Å². The zero-order valence-electron chi connectivity index (χ0n) is 13.8. The molecule has 2 amide bonds. The van der Waals surface area contributed by atoms with Crippen molar-refractivity contribution in [3.8, 4) is 0 Å². The summed E-state index contributed by atoms with van der Waals surface area (Å²) >= 11 is 0. The van der Waals surface area contributed by atoms with Crippen LogP contribution in [0.25, 0.3) is 0 Å². The van der Waals surface area contributed by atoms with Crippen LogP contribution in [0.1, 0.15) is 28.8 Å². The van der Waals surface area contributed by atoms with Gasteiger partial charge < -0.3 is 16.4 Å². The quantitative estimate of drug-likeness (QED) is 0.731. The highest BCUT2D eigenvalue weighted by Gasteiger charge is 2.41. The van der Waals surface area contributed by atoms with Gasteiger partial charge in [0.05, 0.1) is 0 Å². The Labute approximate surface area is 152 Å². The van der Waals surface area contributed by atoms with Crippen molar-refractivity contribution in [2.75, 3.05) is 13.1 Å². The van der Waals surface area contributed by atoms with Gasteiger partial charge in [-0.2, -0.15) is 5.10 Å². The predicted molar refractivity (Wildman–Crippen MR) is 96.4 cm³/mol. The van der Waals surface area contributed by atoms with Crippen molar-refractivity contribution in [1.29, 1.82) is 0 Å². The molecule has 1 aliphatic rings. The van der Waals surface area contributed by atoms with Crippen molar-refractivity contribution in [1.82, 2.24) is 20.4 Å². The first-order chi connectivity index (χ1) is 11.6. The van der Waals surface area contributed by atoms with Gasteiger partial charge >= 0.3 is 0 Å². The molecular weight excluding hydrogens is 342 g/mol. The number of aromatic nitrogens is 2. The number of nitrogens with zero attached hydrogens (tertiary/aromatic N) is 2. The van der Waals surface area contributed by atoms with Crippen LogP contribution >= 0.6 is 12.4 Å². The average Bonchev–Trinajstić information content (AvgIpc) is 3.15. The van der Waals surface area contributed by atoms with E-state index in [2.05, 4.69) is 15.7 Å². The van der Waals surface area contributed by atoms with E-state index in [4.69, 9.17) is 5.73 Å². The Bertz CT molecular complexity index is 726. The molecule has 0 spiro atoms. The van der Waals surface area contributed by atoms with Gasteiger partial charge in [0.2, 0.25) is 11.8 Å². The number of hydrogen-bond donors (Lipinski definition) is 3. The molecule has 2 heterocycles. The molecule has 134 valence electrons. The van der Waals surface area contributed by atoms with Gasteiger partial charge in [-0.25, -0.2) is 0 Å². The van der Waals surface area contributed by atoms with E-state index in [0.717, 1.165) is 18.7 Å². The van der Waals surface area contributed by atoms with Gasteiger partial charge in [0.15, 0.2) is 0 Å². The summed E-state index contributed by atoms with van der Waals surface area (Å²) in [5, 5.41) is 10.6. The molecule has 1 aromatic carbocycles. The Morgan fingerprint density at radius 1 is 1.28 bits per heavy atom. The number of benzene rings is 1. The number of nitrogens with two attached hydrogens (primary N) is 1. The summed E-state index contributed by atoms with van der Waals surface area (Å²) in [5.74, 6) is -0.535. The molecule has 1 fully saturated rings.